The molecule has 2 nitrogen and oxygen atoms in total. The van der Waals surface area contributed by atoms with Gasteiger partial charge in [-0.2, -0.15) is 0 Å². The smallest absolute Gasteiger partial charge is 0.0526 e. The van der Waals surface area contributed by atoms with E-state index in [1.807, 2.05) is 49.5 Å². The van der Waals surface area contributed by atoms with E-state index >= 15 is 0 Å². The van der Waals surface area contributed by atoms with Gasteiger partial charge >= 0.3 is 0 Å². The Morgan fingerprint density at radius 2 is 1.75 bits per heavy atom. The van der Waals surface area contributed by atoms with Crippen LogP contribution in [-0.4, -0.2) is 4.98 Å². The number of anilines is 1. The minimum atomic E-state index is 0.750. The van der Waals surface area contributed by atoms with E-state index in [4.69, 9.17) is 17.3 Å². The van der Waals surface area contributed by atoms with Gasteiger partial charge in [-0.15, -0.1) is 0 Å². The van der Waals surface area contributed by atoms with E-state index in [0.29, 0.717) is 0 Å². The molecule has 2 N–H and O–H groups in total. The number of nitrogens with two attached hydrogens (primary N) is 1. The highest BCUT2D eigenvalue weighted by Gasteiger charge is 2.07. The molecular weight excluding hydrogens is 268 g/mol. The maximum Gasteiger partial charge on any atom is 0.0526 e. The molecule has 100 valence electrons. The van der Waals surface area contributed by atoms with Crippen LogP contribution in [0.25, 0.3) is 10.8 Å². The number of nitrogens with zero attached hydrogens (tertiary/aromatic N) is 1. The molecule has 0 unspecified atom stereocenters. The lowest BCUT2D eigenvalue weighted by molar-refractivity contribution is 1.10. The van der Waals surface area contributed by atoms with Crippen molar-refractivity contribution in [2.24, 2.45) is 0 Å². The van der Waals surface area contributed by atoms with Gasteiger partial charge in [-0.05, 0) is 36.2 Å². The normalized spacial score (nSPS) is 10.9. The molecule has 0 aliphatic heterocycles. The summed E-state index contributed by atoms with van der Waals surface area (Å²) in [6.45, 7) is 2.02. The Labute approximate surface area is 123 Å². The molecule has 0 saturated heterocycles. The SMILES string of the molecule is Cc1ccc2c(Cc3ccc(Cl)cc3)nccc2c1N. The first kappa shape index (κ1) is 12.9. The highest BCUT2D eigenvalue weighted by molar-refractivity contribution is 6.30. The first-order chi connectivity index (χ1) is 9.65. The molecule has 0 fully saturated rings. The predicted octanol–water partition coefficient (Wildman–Crippen LogP) is 4.37. The summed E-state index contributed by atoms with van der Waals surface area (Å²) in [5, 5.41) is 2.94. The van der Waals surface area contributed by atoms with Crippen molar-refractivity contribution in [3.05, 3.63) is 70.5 Å². The second-order valence-corrected chi connectivity index (χ2v) is 5.39. The predicted molar refractivity (Wildman–Crippen MR) is 85.2 cm³/mol. The number of nitrogen functional groups attached to an aromatic ring is 1. The molecule has 1 heterocycles. The van der Waals surface area contributed by atoms with E-state index in [1.165, 1.54) is 5.56 Å². The van der Waals surface area contributed by atoms with E-state index in [0.717, 1.165) is 39.2 Å². The van der Waals surface area contributed by atoms with Gasteiger partial charge in [0, 0.05) is 34.1 Å². The number of pyridine rings is 1. The molecule has 0 radical (unpaired) electrons. The summed E-state index contributed by atoms with van der Waals surface area (Å²) in [6.07, 6.45) is 2.60. The summed E-state index contributed by atoms with van der Waals surface area (Å²) in [7, 11) is 0. The Kier molecular flexibility index (Phi) is 3.33. The van der Waals surface area contributed by atoms with Crippen molar-refractivity contribution in [3.8, 4) is 0 Å². The van der Waals surface area contributed by atoms with Crippen LogP contribution in [0.5, 0.6) is 0 Å². The van der Waals surface area contributed by atoms with Crippen LogP contribution >= 0.6 is 11.6 Å². The Balaban J connectivity index is 2.08. The first-order valence-corrected chi connectivity index (χ1v) is 6.90. The molecule has 3 aromatic rings. The quantitative estimate of drug-likeness (QED) is 0.709. The summed E-state index contributed by atoms with van der Waals surface area (Å²) in [6, 6.07) is 14.0. The molecule has 3 rings (SSSR count). The number of fused-ring (bicyclic) bond motifs is 1. The third kappa shape index (κ3) is 2.35. The van der Waals surface area contributed by atoms with Gasteiger partial charge in [0.15, 0.2) is 0 Å². The zero-order valence-electron chi connectivity index (χ0n) is 11.2. The van der Waals surface area contributed by atoms with Crippen molar-refractivity contribution in [1.29, 1.82) is 0 Å². The van der Waals surface area contributed by atoms with Crippen LogP contribution in [-0.2, 0) is 6.42 Å². The van der Waals surface area contributed by atoms with Crippen molar-refractivity contribution < 1.29 is 0 Å². The average Bonchev–Trinajstić information content (AvgIpc) is 2.46. The third-order valence-corrected chi connectivity index (χ3v) is 3.82. The fraction of sp³-hybridized carbons (Fsp3) is 0.118. The third-order valence-electron chi connectivity index (χ3n) is 3.57. The highest BCUT2D eigenvalue weighted by Crippen LogP contribution is 2.27. The number of hydrogen-bond acceptors (Lipinski definition) is 2. The molecule has 0 aliphatic carbocycles. The lowest BCUT2D eigenvalue weighted by Gasteiger charge is -2.09. The maximum absolute atomic E-state index is 6.16. The molecule has 20 heavy (non-hydrogen) atoms. The topological polar surface area (TPSA) is 38.9 Å². The van der Waals surface area contributed by atoms with Gasteiger partial charge in [0.05, 0.1) is 5.69 Å². The van der Waals surface area contributed by atoms with Crippen LogP contribution in [0, 0.1) is 6.92 Å². The minimum absolute atomic E-state index is 0.750. The van der Waals surface area contributed by atoms with E-state index in [1.54, 1.807) is 0 Å². The number of halogens is 1. The monoisotopic (exact) mass is 282 g/mol. The molecule has 0 amide bonds. The van der Waals surface area contributed by atoms with E-state index in [-0.39, 0.29) is 0 Å². The molecule has 0 atom stereocenters. The maximum atomic E-state index is 6.16. The van der Waals surface area contributed by atoms with Crippen molar-refractivity contribution in [3.63, 3.8) is 0 Å². The van der Waals surface area contributed by atoms with Gasteiger partial charge in [0.25, 0.3) is 0 Å². The van der Waals surface area contributed by atoms with Crippen LogP contribution in [0.3, 0.4) is 0 Å². The molecule has 2 aromatic carbocycles. The van der Waals surface area contributed by atoms with Gasteiger partial charge in [0.2, 0.25) is 0 Å². The minimum Gasteiger partial charge on any atom is -0.398 e. The molecule has 0 saturated carbocycles. The Morgan fingerprint density at radius 3 is 2.50 bits per heavy atom. The van der Waals surface area contributed by atoms with Crippen molar-refractivity contribution in [2.45, 2.75) is 13.3 Å². The van der Waals surface area contributed by atoms with Gasteiger partial charge in [0.1, 0.15) is 0 Å². The number of rotatable bonds is 2. The fourth-order valence-corrected chi connectivity index (χ4v) is 2.51. The summed E-state index contributed by atoms with van der Waals surface area (Å²) >= 11 is 5.92. The van der Waals surface area contributed by atoms with Crippen molar-refractivity contribution >= 4 is 28.1 Å². The van der Waals surface area contributed by atoms with E-state index in [9.17, 15) is 0 Å². The van der Waals surface area contributed by atoms with Gasteiger partial charge in [-0.25, -0.2) is 0 Å². The van der Waals surface area contributed by atoms with Crippen LogP contribution in [0.2, 0.25) is 5.02 Å². The van der Waals surface area contributed by atoms with Crippen LogP contribution < -0.4 is 5.73 Å². The Bertz CT molecular complexity index is 764. The molecular formula is C17H15ClN2. The van der Waals surface area contributed by atoms with Crippen LogP contribution in [0.1, 0.15) is 16.8 Å². The van der Waals surface area contributed by atoms with E-state index in [2.05, 4.69) is 11.1 Å². The van der Waals surface area contributed by atoms with Crippen LogP contribution in [0.15, 0.2) is 48.7 Å². The second-order valence-electron chi connectivity index (χ2n) is 4.95. The fourth-order valence-electron chi connectivity index (χ4n) is 2.38. The largest absolute Gasteiger partial charge is 0.398 e. The highest BCUT2D eigenvalue weighted by atomic mass is 35.5. The van der Waals surface area contributed by atoms with Gasteiger partial charge in [-0.3, -0.25) is 4.98 Å². The van der Waals surface area contributed by atoms with Crippen molar-refractivity contribution in [1.82, 2.24) is 4.98 Å². The number of hydrogen-bond donors (Lipinski definition) is 1. The molecule has 0 aliphatic rings. The van der Waals surface area contributed by atoms with E-state index < -0.39 is 0 Å². The molecule has 0 bridgehead atoms. The summed E-state index contributed by atoms with van der Waals surface area (Å²) in [5.41, 5.74) is 10.3. The Hall–Kier alpha value is -2.06. The molecule has 0 spiro atoms. The number of benzene rings is 2. The number of aryl methyl sites for hydroxylation is 1. The van der Waals surface area contributed by atoms with Gasteiger partial charge < -0.3 is 5.73 Å². The Morgan fingerprint density at radius 1 is 1.00 bits per heavy atom. The second kappa shape index (κ2) is 5.14. The lowest BCUT2D eigenvalue weighted by atomic mass is 10.0. The summed E-state index contributed by atoms with van der Waals surface area (Å²) in [5.74, 6) is 0. The first-order valence-electron chi connectivity index (χ1n) is 6.52. The molecule has 1 aromatic heterocycles. The zero-order valence-corrected chi connectivity index (χ0v) is 12.0. The van der Waals surface area contributed by atoms with Gasteiger partial charge in [-0.1, -0.05) is 35.9 Å². The zero-order chi connectivity index (χ0) is 14.1. The summed E-state index contributed by atoms with van der Waals surface area (Å²) in [4.78, 5) is 4.51. The van der Waals surface area contributed by atoms with Crippen molar-refractivity contribution in [2.75, 3.05) is 5.73 Å². The molecule has 3 heteroatoms. The number of aromatic nitrogens is 1. The summed E-state index contributed by atoms with van der Waals surface area (Å²) < 4.78 is 0. The standard InChI is InChI=1S/C17H15ClN2/c1-11-2-7-14-15(17(11)19)8-9-20-16(14)10-12-3-5-13(18)6-4-12/h2-9H,10,19H2,1H3. The lowest BCUT2D eigenvalue weighted by Crippen LogP contribution is -1.97. The average molecular weight is 283 g/mol. The van der Waals surface area contributed by atoms with Crippen LogP contribution in [0.4, 0.5) is 5.69 Å².